The highest BCUT2D eigenvalue weighted by Gasteiger charge is 2.34. The van der Waals surface area contributed by atoms with Gasteiger partial charge in [0.05, 0.1) is 6.61 Å². The Balaban J connectivity index is 5.36. The molecule has 0 saturated carbocycles. The van der Waals surface area contributed by atoms with Crippen LogP contribution in [0.5, 0.6) is 0 Å². The third-order valence-corrected chi connectivity index (χ3v) is 7.12. The summed E-state index contributed by atoms with van der Waals surface area (Å²) in [7, 11) is -0.736. The second kappa shape index (κ2) is 10.2. The first kappa shape index (κ1) is 22.3. The van der Waals surface area contributed by atoms with Crippen LogP contribution in [0.25, 0.3) is 0 Å². The Kier molecular flexibility index (Phi) is 10.4. The molecular formula is C18H41N2OP. The molecule has 134 valence electrons. The Hall–Kier alpha value is 0.310. The standard InChI is InChI=1S/C18H41N2OP/c1-13(2)18(11)12-21-22(19(14(3)4)15(5)6)20(16(7)8)17(9)10/h13-18H,12H2,1-11H3. The lowest BCUT2D eigenvalue weighted by Crippen LogP contribution is -2.43. The molecule has 0 saturated heterocycles. The van der Waals surface area contributed by atoms with E-state index < -0.39 is 8.45 Å². The molecule has 0 N–H and O–H groups in total. The molecule has 0 bridgehead atoms. The second-order valence-electron chi connectivity index (χ2n) is 7.90. The van der Waals surface area contributed by atoms with Crippen LogP contribution in [0.2, 0.25) is 0 Å². The van der Waals surface area contributed by atoms with Crippen molar-refractivity contribution < 1.29 is 4.52 Å². The van der Waals surface area contributed by atoms with Gasteiger partial charge >= 0.3 is 0 Å². The van der Waals surface area contributed by atoms with Crippen molar-refractivity contribution in [3.05, 3.63) is 0 Å². The predicted molar refractivity (Wildman–Crippen MR) is 101 cm³/mol. The van der Waals surface area contributed by atoms with E-state index in [1.165, 1.54) is 0 Å². The van der Waals surface area contributed by atoms with Gasteiger partial charge in [0.15, 0.2) is 8.45 Å². The summed E-state index contributed by atoms with van der Waals surface area (Å²) in [5.74, 6) is 1.25. The highest BCUT2D eigenvalue weighted by molar-refractivity contribution is 7.47. The highest BCUT2D eigenvalue weighted by Crippen LogP contribution is 2.51. The normalized spacial score (nSPS) is 14.9. The maximum Gasteiger partial charge on any atom is 0.188 e. The summed E-state index contributed by atoms with van der Waals surface area (Å²) in [6, 6.07) is 1.95. The van der Waals surface area contributed by atoms with Crippen LogP contribution in [0.15, 0.2) is 0 Å². The van der Waals surface area contributed by atoms with Gasteiger partial charge in [-0.1, -0.05) is 20.8 Å². The van der Waals surface area contributed by atoms with Crippen LogP contribution in [0.1, 0.15) is 76.2 Å². The van der Waals surface area contributed by atoms with E-state index in [9.17, 15) is 0 Å². The van der Waals surface area contributed by atoms with Crippen molar-refractivity contribution in [1.82, 2.24) is 9.34 Å². The van der Waals surface area contributed by atoms with E-state index in [1.807, 2.05) is 0 Å². The number of rotatable bonds is 10. The van der Waals surface area contributed by atoms with Gasteiger partial charge in [-0.25, -0.2) is 9.34 Å². The molecule has 0 fully saturated rings. The largest absolute Gasteiger partial charge is 0.331 e. The molecule has 0 amide bonds. The monoisotopic (exact) mass is 332 g/mol. The lowest BCUT2D eigenvalue weighted by atomic mass is 10.00. The summed E-state index contributed by atoms with van der Waals surface area (Å²) in [6.07, 6.45) is 0. The summed E-state index contributed by atoms with van der Waals surface area (Å²) in [6.45, 7) is 25.9. The third-order valence-electron chi connectivity index (χ3n) is 4.10. The minimum absolute atomic E-state index is 0.487. The fourth-order valence-electron chi connectivity index (χ4n) is 2.61. The highest BCUT2D eigenvalue weighted by atomic mass is 31.2. The summed E-state index contributed by atoms with van der Waals surface area (Å²) in [5, 5.41) is 0. The molecule has 0 radical (unpaired) electrons. The SMILES string of the molecule is CC(C)C(C)COP(N(C(C)C)C(C)C)N(C(C)C)C(C)C. The average Bonchev–Trinajstić information content (AvgIpc) is 2.33. The van der Waals surface area contributed by atoms with Gasteiger partial charge in [0.2, 0.25) is 0 Å². The molecule has 0 aliphatic carbocycles. The first-order valence-electron chi connectivity index (χ1n) is 9.00. The molecule has 4 heteroatoms. The number of hydrogen-bond acceptors (Lipinski definition) is 3. The van der Waals surface area contributed by atoms with E-state index in [2.05, 4.69) is 85.5 Å². The fraction of sp³-hybridized carbons (Fsp3) is 1.00. The summed E-state index contributed by atoms with van der Waals surface area (Å²) in [5.41, 5.74) is 0. The first-order chi connectivity index (χ1) is 10.0. The predicted octanol–water partition coefficient (Wildman–Crippen LogP) is 5.76. The fourth-order valence-corrected chi connectivity index (χ4v) is 5.07. The van der Waals surface area contributed by atoms with Crippen molar-refractivity contribution in [2.75, 3.05) is 6.61 Å². The van der Waals surface area contributed by atoms with Crippen LogP contribution in [-0.2, 0) is 4.52 Å². The summed E-state index contributed by atoms with van der Waals surface area (Å²) in [4.78, 5) is 0. The van der Waals surface area contributed by atoms with Crippen LogP contribution in [0.4, 0.5) is 0 Å². The van der Waals surface area contributed by atoms with Gasteiger partial charge in [-0.3, -0.25) is 0 Å². The molecule has 0 aromatic carbocycles. The van der Waals surface area contributed by atoms with Gasteiger partial charge in [0.25, 0.3) is 0 Å². The topological polar surface area (TPSA) is 15.7 Å². The van der Waals surface area contributed by atoms with E-state index in [0.717, 1.165) is 6.61 Å². The quantitative estimate of drug-likeness (QED) is 0.473. The Morgan fingerprint density at radius 1 is 0.636 bits per heavy atom. The smallest absolute Gasteiger partial charge is 0.188 e. The van der Waals surface area contributed by atoms with Gasteiger partial charge in [-0.15, -0.1) is 0 Å². The molecule has 22 heavy (non-hydrogen) atoms. The molecule has 0 aliphatic heterocycles. The Labute approximate surface area is 141 Å². The molecule has 0 aromatic heterocycles. The molecule has 1 unspecified atom stereocenters. The zero-order chi connectivity index (χ0) is 17.6. The van der Waals surface area contributed by atoms with E-state index >= 15 is 0 Å². The van der Waals surface area contributed by atoms with Crippen molar-refractivity contribution in [2.45, 2.75) is 100 Å². The zero-order valence-corrected chi connectivity index (χ0v) is 17.8. The van der Waals surface area contributed by atoms with Crippen molar-refractivity contribution in [3.63, 3.8) is 0 Å². The zero-order valence-electron chi connectivity index (χ0n) is 16.9. The van der Waals surface area contributed by atoms with E-state index in [1.54, 1.807) is 0 Å². The van der Waals surface area contributed by atoms with Crippen molar-refractivity contribution in [1.29, 1.82) is 0 Å². The van der Waals surface area contributed by atoms with Crippen molar-refractivity contribution in [3.8, 4) is 0 Å². The molecular weight excluding hydrogens is 291 g/mol. The second-order valence-corrected chi connectivity index (χ2v) is 9.59. The molecule has 0 rings (SSSR count). The van der Waals surface area contributed by atoms with E-state index in [4.69, 9.17) is 4.52 Å². The number of hydrogen-bond donors (Lipinski definition) is 0. The lowest BCUT2D eigenvalue weighted by Gasteiger charge is -2.46. The number of nitrogens with zero attached hydrogens (tertiary/aromatic N) is 2. The van der Waals surface area contributed by atoms with E-state index in [-0.39, 0.29) is 0 Å². The molecule has 3 nitrogen and oxygen atoms in total. The average molecular weight is 333 g/mol. The molecule has 0 aromatic rings. The van der Waals surface area contributed by atoms with Gasteiger partial charge in [0, 0.05) is 24.2 Å². The van der Waals surface area contributed by atoms with Gasteiger partial charge < -0.3 is 4.52 Å². The van der Waals surface area contributed by atoms with E-state index in [0.29, 0.717) is 36.0 Å². The van der Waals surface area contributed by atoms with Crippen LogP contribution in [0.3, 0.4) is 0 Å². The Bertz CT molecular complexity index is 257. The minimum Gasteiger partial charge on any atom is -0.331 e. The van der Waals surface area contributed by atoms with Crippen molar-refractivity contribution in [2.24, 2.45) is 11.8 Å². The van der Waals surface area contributed by atoms with Crippen molar-refractivity contribution >= 4 is 8.45 Å². The minimum atomic E-state index is -0.736. The Morgan fingerprint density at radius 2 is 0.955 bits per heavy atom. The van der Waals surface area contributed by atoms with Crippen LogP contribution in [-0.4, -0.2) is 40.1 Å². The van der Waals surface area contributed by atoms with Gasteiger partial charge in [0.1, 0.15) is 0 Å². The van der Waals surface area contributed by atoms with Crippen LogP contribution in [0, 0.1) is 11.8 Å². The molecule has 0 heterocycles. The summed E-state index contributed by atoms with van der Waals surface area (Å²) >= 11 is 0. The molecule has 1 atom stereocenters. The summed E-state index contributed by atoms with van der Waals surface area (Å²) < 4.78 is 11.7. The Morgan fingerprint density at radius 3 is 1.18 bits per heavy atom. The van der Waals surface area contributed by atoms with Crippen LogP contribution < -0.4 is 0 Å². The van der Waals surface area contributed by atoms with Gasteiger partial charge in [-0.2, -0.15) is 0 Å². The molecule has 0 spiro atoms. The first-order valence-corrected chi connectivity index (χ1v) is 10.2. The maximum atomic E-state index is 6.55. The van der Waals surface area contributed by atoms with Gasteiger partial charge in [-0.05, 0) is 67.2 Å². The molecule has 0 aliphatic rings. The third kappa shape index (κ3) is 6.83. The maximum absolute atomic E-state index is 6.55. The van der Waals surface area contributed by atoms with Crippen LogP contribution >= 0.6 is 8.45 Å². The lowest BCUT2D eigenvalue weighted by molar-refractivity contribution is 0.160.